The van der Waals surface area contributed by atoms with Gasteiger partial charge >= 0.3 is 0 Å². The predicted octanol–water partition coefficient (Wildman–Crippen LogP) is 1.93. The number of para-hydroxylation sites is 1. The van der Waals surface area contributed by atoms with E-state index in [2.05, 4.69) is 20.8 Å². The molecule has 0 unspecified atom stereocenters. The summed E-state index contributed by atoms with van der Waals surface area (Å²) in [4.78, 5) is 11.6. The second-order valence-corrected chi connectivity index (χ2v) is 5.69. The van der Waals surface area contributed by atoms with Crippen molar-refractivity contribution in [3.8, 4) is 5.69 Å². The molecule has 0 aliphatic carbocycles. The molecule has 1 aromatic heterocycles. The van der Waals surface area contributed by atoms with Gasteiger partial charge in [0, 0.05) is 6.04 Å². The summed E-state index contributed by atoms with van der Waals surface area (Å²) in [6, 6.07) is 7.37. The van der Waals surface area contributed by atoms with Gasteiger partial charge in [0.2, 0.25) is 11.1 Å². The van der Waals surface area contributed by atoms with Crippen molar-refractivity contribution in [2.24, 2.45) is 0 Å². The molecule has 1 aromatic carbocycles. The minimum Gasteiger partial charge on any atom is -0.353 e. The predicted molar refractivity (Wildman–Crippen MR) is 78.2 cm³/mol. The van der Waals surface area contributed by atoms with Gasteiger partial charge in [0.05, 0.1) is 16.5 Å². The van der Waals surface area contributed by atoms with Crippen molar-refractivity contribution in [1.29, 1.82) is 0 Å². The van der Waals surface area contributed by atoms with Gasteiger partial charge in [-0.05, 0) is 36.4 Å². The van der Waals surface area contributed by atoms with E-state index in [-0.39, 0.29) is 17.7 Å². The highest BCUT2D eigenvalue weighted by atomic mass is 35.5. The molecule has 8 heteroatoms. The monoisotopic (exact) mass is 311 g/mol. The molecule has 1 heterocycles. The molecule has 0 aliphatic heterocycles. The standard InChI is InChI=1S/C12H14ClN5OS/c1-8(2)14-11(19)7-20-12-15-16-17-18(12)10-6-4-3-5-9(10)13/h3-6,8H,7H2,1-2H3,(H,14,19). The molecule has 0 fully saturated rings. The number of amides is 1. The Bertz CT molecular complexity index is 601. The molecule has 6 nitrogen and oxygen atoms in total. The minimum absolute atomic E-state index is 0.0568. The van der Waals surface area contributed by atoms with Crippen molar-refractivity contribution in [2.45, 2.75) is 25.0 Å². The van der Waals surface area contributed by atoms with Crippen molar-refractivity contribution in [2.75, 3.05) is 5.75 Å². The SMILES string of the molecule is CC(C)NC(=O)CSc1nnnn1-c1ccccc1Cl. The largest absolute Gasteiger partial charge is 0.353 e. The van der Waals surface area contributed by atoms with E-state index >= 15 is 0 Å². The maximum atomic E-state index is 11.6. The zero-order valence-electron chi connectivity index (χ0n) is 11.1. The number of rotatable bonds is 5. The summed E-state index contributed by atoms with van der Waals surface area (Å²) in [5.74, 6) is 0.196. The van der Waals surface area contributed by atoms with Crippen LogP contribution in [-0.4, -0.2) is 37.9 Å². The molecule has 1 N–H and O–H groups in total. The first-order chi connectivity index (χ1) is 9.58. The lowest BCUT2D eigenvalue weighted by molar-refractivity contribution is -0.119. The molecule has 20 heavy (non-hydrogen) atoms. The summed E-state index contributed by atoms with van der Waals surface area (Å²) < 4.78 is 1.52. The summed E-state index contributed by atoms with van der Waals surface area (Å²) in [5.41, 5.74) is 0.686. The van der Waals surface area contributed by atoms with Gasteiger partial charge in [-0.25, -0.2) is 0 Å². The fourth-order valence-electron chi connectivity index (χ4n) is 1.54. The second-order valence-electron chi connectivity index (χ2n) is 4.34. The lowest BCUT2D eigenvalue weighted by Gasteiger charge is -2.08. The van der Waals surface area contributed by atoms with Gasteiger partial charge in [-0.15, -0.1) is 5.10 Å². The lowest BCUT2D eigenvalue weighted by atomic mass is 10.3. The molecule has 1 amide bonds. The Labute approximate surface area is 125 Å². The van der Waals surface area contributed by atoms with Crippen molar-refractivity contribution < 1.29 is 4.79 Å². The Morgan fingerprint density at radius 1 is 1.45 bits per heavy atom. The van der Waals surface area contributed by atoms with Gasteiger partial charge in [0.1, 0.15) is 0 Å². The van der Waals surface area contributed by atoms with E-state index in [1.807, 2.05) is 32.0 Å². The number of hydrogen-bond donors (Lipinski definition) is 1. The average Bonchev–Trinajstić information content (AvgIpc) is 2.84. The third kappa shape index (κ3) is 3.71. The second kappa shape index (κ2) is 6.71. The van der Waals surface area contributed by atoms with Crippen LogP contribution in [0, 0.1) is 0 Å². The van der Waals surface area contributed by atoms with Crippen molar-refractivity contribution in [3.63, 3.8) is 0 Å². The van der Waals surface area contributed by atoms with E-state index < -0.39 is 0 Å². The van der Waals surface area contributed by atoms with Crippen molar-refractivity contribution in [1.82, 2.24) is 25.5 Å². The summed E-state index contributed by atoms with van der Waals surface area (Å²) in [5, 5.41) is 15.3. The van der Waals surface area contributed by atoms with Crippen LogP contribution in [0.1, 0.15) is 13.8 Å². The van der Waals surface area contributed by atoms with E-state index in [9.17, 15) is 4.79 Å². The quantitative estimate of drug-likeness (QED) is 0.854. The first-order valence-electron chi connectivity index (χ1n) is 6.03. The zero-order chi connectivity index (χ0) is 14.5. The highest BCUT2D eigenvalue weighted by Gasteiger charge is 2.13. The minimum atomic E-state index is -0.0568. The number of carbonyl (C=O) groups is 1. The number of halogens is 1. The lowest BCUT2D eigenvalue weighted by Crippen LogP contribution is -2.31. The molecule has 0 saturated heterocycles. The maximum Gasteiger partial charge on any atom is 0.230 e. The third-order valence-corrected chi connectivity index (χ3v) is 3.54. The number of hydrogen-bond acceptors (Lipinski definition) is 5. The molecule has 0 saturated carbocycles. The topological polar surface area (TPSA) is 72.7 Å². The molecular weight excluding hydrogens is 298 g/mol. The van der Waals surface area contributed by atoms with Crippen LogP contribution in [0.15, 0.2) is 29.4 Å². The number of carbonyl (C=O) groups excluding carboxylic acids is 1. The summed E-state index contributed by atoms with van der Waals surface area (Å²) >= 11 is 7.38. The Morgan fingerprint density at radius 2 is 2.20 bits per heavy atom. The number of nitrogens with one attached hydrogen (secondary N) is 1. The van der Waals surface area contributed by atoms with Gasteiger partial charge < -0.3 is 5.32 Å². The zero-order valence-corrected chi connectivity index (χ0v) is 12.6. The maximum absolute atomic E-state index is 11.6. The van der Waals surface area contributed by atoms with Crippen LogP contribution in [0.3, 0.4) is 0 Å². The Hall–Kier alpha value is -1.60. The van der Waals surface area contributed by atoms with Crippen LogP contribution in [0.2, 0.25) is 5.02 Å². The van der Waals surface area contributed by atoms with Crippen LogP contribution in [-0.2, 0) is 4.79 Å². The molecule has 0 aliphatic rings. The van der Waals surface area contributed by atoms with Crippen molar-refractivity contribution >= 4 is 29.3 Å². The van der Waals surface area contributed by atoms with Crippen LogP contribution >= 0.6 is 23.4 Å². The first-order valence-corrected chi connectivity index (χ1v) is 7.39. The van der Waals surface area contributed by atoms with Gasteiger partial charge in [0.25, 0.3) is 0 Å². The Balaban J connectivity index is 2.10. The molecule has 0 radical (unpaired) electrons. The van der Waals surface area contributed by atoms with Crippen LogP contribution in [0.5, 0.6) is 0 Å². The van der Waals surface area contributed by atoms with Gasteiger partial charge in [-0.3, -0.25) is 4.79 Å². The highest BCUT2D eigenvalue weighted by Crippen LogP contribution is 2.23. The van der Waals surface area contributed by atoms with Crippen molar-refractivity contribution in [3.05, 3.63) is 29.3 Å². The molecule has 0 spiro atoms. The molecule has 106 valence electrons. The third-order valence-electron chi connectivity index (χ3n) is 2.30. The highest BCUT2D eigenvalue weighted by molar-refractivity contribution is 7.99. The van der Waals surface area contributed by atoms with E-state index in [1.54, 1.807) is 6.07 Å². The Kier molecular flexibility index (Phi) is 4.97. The summed E-state index contributed by atoms with van der Waals surface area (Å²) in [6.45, 7) is 3.83. The van der Waals surface area contributed by atoms with Gasteiger partial charge in [-0.2, -0.15) is 4.68 Å². The number of thioether (sulfide) groups is 1. The van der Waals surface area contributed by atoms with E-state index in [0.717, 1.165) is 0 Å². The number of benzene rings is 1. The fraction of sp³-hybridized carbons (Fsp3) is 0.333. The normalized spacial score (nSPS) is 10.8. The number of nitrogens with zero attached hydrogens (tertiary/aromatic N) is 4. The summed E-state index contributed by atoms with van der Waals surface area (Å²) in [7, 11) is 0. The summed E-state index contributed by atoms with van der Waals surface area (Å²) in [6.07, 6.45) is 0. The number of tetrazole rings is 1. The molecule has 2 rings (SSSR count). The van der Waals surface area contributed by atoms with Crippen LogP contribution in [0.4, 0.5) is 0 Å². The smallest absolute Gasteiger partial charge is 0.230 e. The first kappa shape index (κ1) is 14.8. The molecular formula is C12H14ClN5OS. The average molecular weight is 312 g/mol. The van der Waals surface area contributed by atoms with Gasteiger partial charge in [0.15, 0.2) is 0 Å². The molecule has 0 bridgehead atoms. The number of aromatic nitrogens is 4. The molecule has 0 atom stereocenters. The fourth-order valence-corrected chi connectivity index (χ4v) is 2.45. The van der Waals surface area contributed by atoms with Crippen LogP contribution in [0.25, 0.3) is 5.69 Å². The molecule has 2 aromatic rings. The van der Waals surface area contributed by atoms with E-state index in [4.69, 9.17) is 11.6 Å². The van der Waals surface area contributed by atoms with E-state index in [1.165, 1.54) is 16.4 Å². The van der Waals surface area contributed by atoms with Crippen LogP contribution < -0.4 is 5.32 Å². The van der Waals surface area contributed by atoms with Gasteiger partial charge in [-0.1, -0.05) is 35.5 Å². The Morgan fingerprint density at radius 3 is 2.90 bits per heavy atom. The van der Waals surface area contributed by atoms with E-state index in [0.29, 0.717) is 15.9 Å².